The highest BCUT2D eigenvalue weighted by molar-refractivity contribution is 5.75. The van der Waals surface area contributed by atoms with Crippen LogP contribution in [0.2, 0.25) is 0 Å². The van der Waals surface area contributed by atoms with Crippen molar-refractivity contribution in [1.29, 1.82) is 0 Å². The molecular formula is C17H28N2O2. The van der Waals surface area contributed by atoms with E-state index in [2.05, 4.69) is 55.4 Å². The topological polar surface area (TPSA) is 41.6 Å². The van der Waals surface area contributed by atoms with Crippen LogP contribution in [0.3, 0.4) is 0 Å². The van der Waals surface area contributed by atoms with E-state index in [1.165, 1.54) is 18.4 Å². The van der Waals surface area contributed by atoms with E-state index in [1.807, 2.05) is 0 Å². The number of anilines is 1. The first-order chi connectivity index (χ1) is 10.1. The molecule has 0 fully saturated rings. The zero-order valence-corrected chi connectivity index (χ0v) is 13.7. The number of benzene rings is 1. The Labute approximate surface area is 128 Å². The summed E-state index contributed by atoms with van der Waals surface area (Å²) in [6, 6.07) is 8.33. The molecular weight excluding hydrogens is 264 g/mol. The molecule has 4 nitrogen and oxygen atoms in total. The molecule has 21 heavy (non-hydrogen) atoms. The SMILES string of the molecule is CCCNC(CCN(C)c1ccc(CC)cc1)C(=O)OC. The molecule has 0 amide bonds. The van der Waals surface area contributed by atoms with Gasteiger partial charge >= 0.3 is 5.97 Å². The Balaban J connectivity index is 2.54. The molecule has 1 aromatic carbocycles. The van der Waals surface area contributed by atoms with E-state index >= 15 is 0 Å². The molecule has 0 radical (unpaired) electrons. The number of nitrogens with one attached hydrogen (secondary N) is 1. The normalized spacial score (nSPS) is 12.0. The van der Waals surface area contributed by atoms with Crippen LogP contribution < -0.4 is 10.2 Å². The largest absolute Gasteiger partial charge is 0.468 e. The molecule has 1 atom stereocenters. The summed E-state index contributed by atoms with van der Waals surface area (Å²) in [5.41, 5.74) is 2.51. The second-order valence-electron chi connectivity index (χ2n) is 5.26. The molecule has 0 saturated carbocycles. The lowest BCUT2D eigenvalue weighted by Crippen LogP contribution is -2.40. The Morgan fingerprint density at radius 3 is 2.48 bits per heavy atom. The van der Waals surface area contributed by atoms with Crippen LogP contribution in [0.1, 0.15) is 32.3 Å². The molecule has 0 aromatic heterocycles. The van der Waals surface area contributed by atoms with Gasteiger partial charge in [0.1, 0.15) is 6.04 Å². The molecule has 1 N–H and O–H groups in total. The summed E-state index contributed by atoms with van der Waals surface area (Å²) < 4.78 is 4.86. The van der Waals surface area contributed by atoms with E-state index in [-0.39, 0.29) is 12.0 Å². The molecule has 1 unspecified atom stereocenters. The van der Waals surface area contributed by atoms with Crippen LogP contribution in [-0.2, 0) is 16.0 Å². The molecule has 0 heterocycles. The fourth-order valence-corrected chi connectivity index (χ4v) is 2.20. The number of methoxy groups -OCH3 is 1. The lowest BCUT2D eigenvalue weighted by Gasteiger charge is -2.23. The van der Waals surface area contributed by atoms with E-state index in [0.717, 1.165) is 32.4 Å². The maximum Gasteiger partial charge on any atom is 0.322 e. The molecule has 0 aliphatic rings. The Morgan fingerprint density at radius 1 is 1.29 bits per heavy atom. The van der Waals surface area contributed by atoms with Gasteiger partial charge < -0.3 is 15.0 Å². The molecule has 4 heteroatoms. The van der Waals surface area contributed by atoms with Crippen LogP contribution >= 0.6 is 0 Å². The second-order valence-corrected chi connectivity index (χ2v) is 5.26. The number of aryl methyl sites for hydroxylation is 1. The number of esters is 1. The second kappa shape index (κ2) is 9.40. The van der Waals surface area contributed by atoms with E-state index in [9.17, 15) is 4.79 Å². The first-order valence-electron chi connectivity index (χ1n) is 7.73. The monoisotopic (exact) mass is 292 g/mol. The fraction of sp³-hybridized carbons (Fsp3) is 0.588. The van der Waals surface area contributed by atoms with Crippen LogP contribution in [0, 0.1) is 0 Å². The summed E-state index contributed by atoms with van der Waals surface area (Å²) >= 11 is 0. The summed E-state index contributed by atoms with van der Waals surface area (Å²) in [7, 11) is 3.49. The molecule has 0 spiro atoms. The molecule has 1 aromatic rings. The van der Waals surface area contributed by atoms with Crippen molar-refractivity contribution in [2.45, 2.75) is 39.2 Å². The van der Waals surface area contributed by atoms with Gasteiger partial charge in [-0.15, -0.1) is 0 Å². The lowest BCUT2D eigenvalue weighted by atomic mass is 10.1. The van der Waals surface area contributed by atoms with Crippen molar-refractivity contribution in [3.63, 3.8) is 0 Å². The first kappa shape index (κ1) is 17.5. The summed E-state index contributed by atoms with van der Waals surface area (Å²) in [6.07, 6.45) is 2.79. The van der Waals surface area contributed by atoms with Crippen molar-refractivity contribution >= 4 is 11.7 Å². The first-order valence-corrected chi connectivity index (χ1v) is 7.73. The average molecular weight is 292 g/mol. The van der Waals surface area contributed by atoms with Gasteiger partial charge in [0.25, 0.3) is 0 Å². The minimum atomic E-state index is -0.229. The Bertz CT molecular complexity index is 417. The van der Waals surface area contributed by atoms with Gasteiger partial charge in [-0.1, -0.05) is 26.0 Å². The highest BCUT2D eigenvalue weighted by Gasteiger charge is 2.18. The predicted octanol–water partition coefficient (Wildman–Crippen LogP) is 2.62. The molecule has 1 rings (SSSR count). The fourth-order valence-electron chi connectivity index (χ4n) is 2.20. The summed E-state index contributed by atoms with van der Waals surface area (Å²) in [5, 5.41) is 3.24. The summed E-state index contributed by atoms with van der Waals surface area (Å²) in [5.74, 6) is -0.182. The smallest absolute Gasteiger partial charge is 0.322 e. The number of carbonyl (C=O) groups excluding carboxylic acids is 1. The number of nitrogens with zero attached hydrogens (tertiary/aromatic N) is 1. The van der Waals surface area contributed by atoms with Gasteiger partial charge in [0, 0.05) is 19.3 Å². The maximum atomic E-state index is 11.7. The molecule has 0 aliphatic carbocycles. The van der Waals surface area contributed by atoms with Crippen molar-refractivity contribution in [2.24, 2.45) is 0 Å². The average Bonchev–Trinajstić information content (AvgIpc) is 2.54. The molecule has 0 bridgehead atoms. The maximum absolute atomic E-state index is 11.7. The predicted molar refractivity (Wildman–Crippen MR) is 87.8 cm³/mol. The number of hydrogen-bond donors (Lipinski definition) is 1. The Kier molecular flexibility index (Phi) is 7.83. The van der Waals surface area contributed by atoms with Gasteiger partial charge in [-0.05, 0) is 43.5 Å². The number of hydrogen-bond acceptors (Lipinski definition) is 4. The third kappa shape index (κ3) is 5.76. The van der Waals surface area contributed by atoms with Gasteiger partial charge in [0.15, 0.2) is 0 Å². The Hall–Kier alpha value is -1.55. The molecule has 0 saturated heterocycles. The van der Waals surface area contributed by atoms with Gasteiger partial charge in [-0.25, -0.2) is 0 Å². The van der Waals surface area contributed by atoms with E-state index in [4.69, 9.17) is 4.74 Å². The summed E-state index contributed by atoms with van der Waals surface area (Å²) in [6.45, 7) is 5.87. The minimum absolute atomic E-state index is 0.182. The minimum Gasteiger partial charge on any atom is -0.468 e. The van der Waals surface area contributed by atoms with Crippen molar-refractivity contribution in [2.75, 3.05) is 32.1 Å². The van der Waals surface area contributed by atoms with Crippen LogP contribution in [0.25, 0.3) is 0 Å². The van der Waals surface area contributed by atoms with Crippen molar-refractivity contribution in [3.05, 3.63) is 29.8 Å². The number of ether oxygens (including phenoxy) is 1. The number of rotatable bonds is 9. The zero-order chi connectivity index (χ0) is 15.7. The van der Waals surface area contributed by atoms with Gasteiger partial charge in [0.2, 0.25) is 0 Å². The van der Waals surface area contributed by atoms with E-state index in [1.54, 1.807) is 0 Å². The summed E-state index contributed by atoms with van der Waals surface area (Å²) in [4.78, 5) is 13.9. The van der Waals surface area contributed by atoms with Crippen LogP contribution in [0.5, 0.6) is 0 Å². The van der Waals surface area contributed by atoms with Gasteiger partial charge in [-0.2, -0.15) is 0 Å². The van der Waals surface area contributed by atoms with Crippen LogP contribution in [0.4, 0.5) is 5.69 Å². The highest BCUT2D eigenvalue weighted by Crippen LogP contribution is 2.15. The zero-order valence-electron chi connectivity index (χ0n) is 13.7. The van der Waals surface area contributed by atoms with E-state index in [0.29, 0.717) is 0 Å². The molecule has 118 valence electrons. The van der Waals surface area contributed by atoms with Crippen molar-refractivity contribution < 1.29 is 9.53 Å². The third-order valence-corrected chi connectivity index (χ3v) is 3.66. The molecule has 0 aliphatic heterocycles. The van der Waals surface area contributed by atoms with Crippen molar-refractivity contribution in [3.8, 4) is 0 Å². The highest BCUT2D eigenvalue weighted by atomic mass is 16.5. The van der Waals surface area contributed by atoms with Gasteiger partial charge in [0.05, 0.1) is 7.11 Å². The number of carbonyl (C=O) groups is 1. The third-order valence-electron chi connectivity index (χ3n) is 3.66. The van der Waals surface area contributed by atoms with Crippen LogP contribution in [0.15, 0.2) is 24.3 Å². The van der Waals surface area contributed by atoms with Crippen molar-refractivity contribution in [1.82, 2.24) is 5.32 Å². The standard InChI is InChI=1S/C17H28N2O2/c1-5-12-18-16(17(20)21-4)11-13-19(3)15-9-7-14(6-2)8-10-15/h7-10,16,18H,5-6,11-13H2,1-4H3. The Morgan fingerprint density at radius 2 is 1.95 bits per heavy atom. The quantitative estimate of drug-likeness (QED) is 0.710. The van der Waals surface area contributed by atoms with Crippen LogP contribution in [-0.4, -0.2) is 39.3 Å². The van der Waals surface area contributed by atoms with E-state index < -0.39 is 0 Å². The van der Waals surface area contributed by atoms with Gasteiger partial charge in [-0.3, -0.25) is 4.79 Å². The lowest BCUT2D eigenvalue weighted by molar-refractivity contribution is -0.143.